The van der Waals surface area contributed by atoms with E-state index in [1.165, 1.54) is 4.88 Å². The second kappa shape index (κ2) is 6.31. The van der Waals surface area contributed by atoms with Crippen molar-refractivity contribution in [3.05, 3.63) is 16.1 Å². The maximum atomic E-state index is 9.83. The molecule has 1 aliphatic heterocycles. The lowest BCUT2D eigenvalue weighted by atomic mass is 10.0. The number of rotatable bonds is 5. The number of nitrogens with one attached hydrogen (secondary N) is 1. The first kappa shape index (κ1) is 14.9. The van der Waals surface area contributed by atoms with Crippen molar-refractivity contribution >= 4 is 11.3 Å². The molecule has 0 amide bonds. The molecule has 5 heteroatoms. The van der Waals surface area contributed by atoms with Crippen LogP contribution in [0.3, 0.4) is 0 Å². The first-order valence-corrected chi connectivity index (χ1v) is 7.89. The van der Waals surface area contributed by atoms with Gasteiger partial charge in [0.2, 0.25) is 0 Å². The van der Waals surface area contributed by atoms with Gasteiger partial charge in [0, 0.05) is 24.0 Å². The number of hydrogen-bond donors (Lipinski definition) is 2. The molecule has 19 heavy (non-hydrogen) atoms. The SMILES string of the molecule is Cc1ncsc1CNC1CCN(CC(C)(C)O)CC1. The second-order valence-corrected chi connectivity index (χ2v) is 7.04. The van der Waals surface area contributed by atoms with Crippen molar-refractivity contribution in [2.24, 2.45) is 0 Å². The highest BCUT2D eigenvalue weighted by Gasteiger charge is 2.23. The molecular weight excluding hydrogens is 258 g/mol. The highest BCUT2D eigenvalue weighted by molar-refractivity contribution is 7.09. The lowest BCUT2D eigenvalue weighted by Gasteiger charge is -2.35. The Kier molecular flexibility index (Phi) is 4.95. The van der Waals surface area contributed by atoms with Gasteiger partial charge in [-0.15, -0.1) is 11.3 Å². The Morgan fingerprint density at radius 1 is 1.47 bits per heavy atom. The largest absolute Gasteiger partial charge is 0.389 e. The zero-order valence-corrected chi connectivity index (χ0v) is 13.0. The maximum absolute atomic E-state index is 9.83. The van der Waals surface area contributed by atoms with Crippen LogP contribution >= 0.6 is 11.3 Å². The van der Waals surface area contributed by atoms with Gasteiger partial charge in [-0.1, -0.05) is 0 Å². The van der Waals surface area contributed by atoms with Crippen molar-refractivity contribution in [2.45, 2.75) is 51.8 Å². The van der Waals surface area contributed by atoms with E-state index in [1.807, 2.05) is 19.4 Å². The third-order valence-electron chi connectivity index (χ3n) is 3.59. The molecule has 4 nitrogen and oxygen atoms in total. The van der Waals surface area contributed by atoms with Crippen molar-refractivity contribution in [2.75, 3.05) is 19.6 Å². The topological polar surface area (TPSA) is 48.4 Å². The van der Waals surface area contributed by atoms with E-state index in [1.54, 1.807) is 11.3 Å². The Labute approximate surface area is 119 Å². The summed E-state index contributed by atoms with van der Waals surface area (Å²) in [6.45, 7) is 9.68. The van der Waals surface area contributed by atoms with Gasteiger partial charge in [-0.2, -0.15) is 0 Å². The van der Waals surface area contributed by atoms with E-state index >= 15 is 0 Å². The van der Waals surface area contributed by atoms with Crippen LogP contribution in [0.25, 0.3) is 0 Å². The molecule has 0 unspecified atom stereocenters. The number of aliphatic hydroxyl groups is 1. The number of aryl methyl sites for hydroxylation is 1. The molecule has 2 rings (SSSR count). The summed E-state index contributed by atoms with van der Waals surface area (Å²) < 4.78 is 0. The monoisotopic (exact) mass is 283 g/mol. The summed E-state index contributed by atoms with van der Waals surface area (Å²) in [5.41, 5.74) is 2.48. The molecule has 2 heterocycles. The number of piperidine rings is 1. The average molecular weight is 283 g/mol. The van der Waals surface area contributed by atoms with E-state index in [0.717, 1.165) is 44.7 Å². The van der Waals surface area contributed by atoms with Gasteiger partial charge >= 0.3 is 0 Å². The Morgan fingerprint density at radius 3 is 2.68 bits per heavy atom. The molecule has 1 aromatic rings. The molecule has 1 aliphatic rings. The molecule has 0 radical (unpaired) electrons. The van der Waals surface area contributed by atoms with Gasteiger partial charge in [0.1, 0.15) is 0 Å². The van der Waals surface area contributed by atoms with Crippen molar-refractivity contribution in [1.82, 2.24) is 15.2 Å². The van der Waals surface area contributed by atoms with Crippen LogP contribution in [0.2, 0.25) is 0 Å². The van der Waals surface area contributed by atoms with E-state index in [2.05, 4.69) is 22.1 Å². The number of thiazole rings is 1. The highest BCUT2D eigenvalue weighted by Crippen LogP contribution is 2.16. The number of likely N-dealkylation sites (tertiary alicyclic amines) is 1. The average Bonchev–Trinajstić information content (AvgIpc) is 2.72. The van der Waals surface area contributed by atoms with Crippen molar-refractivity contribution in [3.8, 4) is 0 Å². The van der Waals surface area contributed by atoms with Crippen LogP contribution in [0.1, 0.15) is 37.3 Å². The standard InChI is InChI=1S/C14H25N3OS/c1-11-13(19-10-16-11)8-15-12-4-6-17(7-5-12)9-14(2,3)18/h10,12,15,18H,4-9H2,1-3H3. The molecule has 0 bridgehead atoms. The summed E-state index contributed by atoms with van der Waals surface area (Å²) in [6.07, 6.45) is 2.32. The van der Waals surface area contributed by atoms with E-state index in [4.69, 9.17) is 0 Å². The molecule has 0 spiro atoms. The number of hydrogen-bond acceptors (Lipinski definition) is 5. The Balaban J connectivity index is 1.70. The Hall–Kier alpha value is -0.490. The fraction of sp³-hybridized carbons (Fsp3) is 0.786. The normalized spacial score (nSPS) is 18.9. The van der Waals surface area contributed by atoms with Crippen LogP contribution < -0.4 is 5.32 Å². The van der Waals surface area contributed by atoms with Gasteiger partial charge in [0.15, 0.2) is 0 Å². The summed E-state index contributed by atoms with van der Waals surface area (Å²) in [5.74, 6) is 0. The molecule has 1 saturated heterocycles. The fourth-order valence-electron chi connectivity index (χ4n) is 2.58. The fourth-order valence-corrected chi connectivity index (χ4v) is 3.30. The summed E-state index contributed by atoms with van der Waals surface area (Å²) in [6, 6.07) is 0.597. The van der Waals surface area contributed by atoms with Gasteiger partial charge in [0.25, 0.3) is 0 Å². The molecule has 0 aromatic carbocycles. The third-order valence-corrected chi connectivity index (χ3v) is 4.53. The minimum Gasteiger partial charge on any atom is -0.389 e. The molecule has 1 fully saturated rings. The zero-order valence-electron chi connectivity index (χ0n) is 12.1. The van der Waals surface area contributed by atoms with Crippen LogP contribution in [-0.2, 0) is 6.54 Å². The summed E-state index contributed by atoms with van der Waals surface area (Å²) in [7, 11) is 0. The highest BCUT2D eigenvalue weighted by atomic mass is 32.1. The minimum absolute atomic E-state index is 0.583. The molecule has 108 valence electrons. The second-order valence-electron chi connectivity index (χ2n) is 6.10. The van der Waals surface area contributed by atoms with Gasteiger partial charge in [-0.3, -0.25) is 0 Å². The van der Waals surface area contributed by atoms with Gasteiger partial charge in [0.05, 0.1) is 16.8 Å². The number of nitrogens with zero attached hydrogens (tertiary/aromatic N) is 2. The maximum Gasteiger partial charge on any atom is 0.0798 e. The van der Waals surface area contributed by atoms with Crippen LogP contribution in [0, 0.1) is 6.92 Å². The molecule has 0 aliphatic carbocycles. The first-order valence-electron chi connectivity index (χ1n) is 7.01. The summed E-state index contributed by atoms with van der Waals surface area (Å²) >= 11 is 1.73. The lowest BCUT2D eigenvalue weighted by Crippen LogP contribution is -2.47. The van der Waals surface area contributed by atoms with Crippen molar-refractivity contribution in [3.63, 3.8) is 0 Å². The first-order chi connectivity index (χ1) is 8.94. The van der Waals surface area contributed by atoms with Crippen LogP contribution in [0.5, 0.6) is 0 Å². The Bertz CT molecular complexity index is 392. The molecule has 0 atom stereocenters. The molecule has 0 saturated carbocycles. The zero-order chi connectivity index (χ0) is 13.9. The van der Waals surface area contributed by atoms with E-state index in [-0.39, 0.29) is 0 Å². The quantitative estimate of drug-likeness (QED) is 0.865. The summed E-state index contributed by atoms with van der Waals surface area (Å²) in [4.78, 5) is 7.98. The van der Waals surface area contributed by atoms with Gasteiger partial charge in [-0.05, 0) is 46.7 Å². The van der Waals surface area contributed by atoms with Crippen molar-refractivity contribution < 1.29 is 5.11 Å². The van der Waals surface area contributed by atoms with Crippen LogP contribution in [0.4, 0.5) is 0 Å². The third kappa shape index (κ3) is 4.84. The molecule has 2 N–H and O–H groups in total. The summed E-state index contributed by atoms with van der Waals surface area (Å²) in [5, 5.41) is 13.5. The van der Waals surface area contributed by atoms with Gasteiger partial charge < -0.3 is 15.3 Å². The van der Waals surface area contributed by atoms with Crippen LogP contribution in [-0.4, -0.2) is 46.3 Å². The predicted molar refractivity (Wildman–Crippen MR) is 79.5 cm³/mol. The van der Waals surface area contributed by atoms with E-state index in [0.29, 0.717) is 6.04 Å². The minimum atomic E-state index is -0.583. The Morgan fingerprint density at radius 2 is 2.16 bits per heavy atom. The van der Waals surface area contributed by atoms with Crippen LogP contribution in [0.15, 0.2) is 5.51 Å². The predicted octanol–water partition coefficient (Wildman–Crippen LogP) is 1.78. The number of aromatic nitrogens is 1. The van der Waals surface area contributed by atoms with E-state index in [9.17, 15) is 5.11 Å². The lowest BCUT2D eigenvalue weighted by molar-refractivity contribution is 0.0269. The smallest absolute Gasteiger partial charge is 0.0798 e. The molecule has 1 aromatic heterocycles. The number of β-amino-alcohol motifs (C(OH)–C–C–N with tert-alkyl or cyclic N) is 1. The molecular formula is C14H25N3OS. The van der Waals surface area contributed by atoms with E-state index < -0.39 is 5.60 Å². The van der Waals surface area contributed by atoms with Gasteiger partial charge in [-0.25, -0.2) is 4.98 Å². The van der Waals surface area contributed by atoms with Crippen molar-refractivity contribution in [1.29, 1.82) is 0 Å².